The molecule has 3 heterocycles. The fraction of sp³-hybridized carbons (Fsp3) is 0.379. The van der Waals surface area contributed by atoms with Crippen molar-refractivity contribution >= 4 is 58.2 Å². The SMILES string of the molecule is CC(C(=O)O)N1C(=O)C2C3CC(C2C1=O)C1C3Sc2[nH]c(=O)sc2[C@@H]1c1cc([N+](=O)[O-])ccc1OCc1ccc(Cl)cc1. The lowest BCUT2D eigenvalue weighted by Crippen LogP contribution is -2.44. The average molecular weight is 642 g/mol. The maximum Gasteiger partial charge on any atom is 0.326 e. The minimum Gasteiger partial charge on any atom is -0.489 e. The molecule has 7 rings (SSSR count). The molecular weight excluding hydrogens is 618 g/mol. The monoisotopic (exact) mass is 641 g/mol. The molecule has 3 aromatic rings. The number of nitrogens with one attached hydrogen (secondary N) is 1. The largest absolute Gasteiger partial charge is 0.489 e. The predicted octanol–water partition coefficient (Wildman–Crippen LogP) is 4.52. The van der Waals surface area contributed by atoms with E-state index in [2.05, 4.69) is 4.98 Å². The number of hydrogen-bond acceptors (Lipinski definition) is 9. The van der Waals surface area contributed by atoms with E-state index in [0.717, 1.165) is 21.8 Å². The van der Waals surface area contributed by atoms with Gasteiger partial charge >= 0.3 is 10.8 Å². The highest BCUT2D eigenvalue weighted by Crippen LogP contribution is 2.69. The number of H-pyrrole nitrogens is 1. The number of imide groups is 1. The Balaban J connectivity index is 1.33. The molecule has 2 aliphatic carbocycles. The van der Waals surface area contributed by atoms with Crippen LogP contribution >= 0.6 is 34.7 Å². The number of carbonyl (C=O) groups excluding carboxylic acids is 2. The van der Waals surface area contributed by atoms with E-state index in [1.165, 1.54) is 30.8 Å². The molecule has 2 aromatic carbocycles. The summed E-state index contributed by atoms with van der Waals surface area (Å²) >= 11 is 8.53. The Hall–Kier alpha value is -3.68. The fourth-order valence-electron chi connectivity index (χ4n) is 7.65. The molecule has 11 nitrogen and oxygen atoms in total. The summed E-state index contributed by atoms with van der Waals surface area (Å²) in [5.74, 6) is -4.36. The number of non-ortho nitro benzene ring substituents is 1. The Kier molecular flexibility index (Phi) is 6.67. The zero-order valence-corrected chi connectivity index (χ0v) is 24.9. The van der Waals surface area contributed by atoms with Gasteiger partial charge in [0.05, 0.1) is 21.8 Å². The first kappa shape index (κ1) is 28.1. The summed E-state index contributed by atoms with van der Waals surface area (Å²) in [4.78, 5) is 67.2. The van der Waals surface area contributed by atoms with Crippen LogP contribution in [-0.4, -0.2) is 49.0 Å². The van der Waals surface area contributed by atoms with Crippen molar-refractivity contribution in [3.05, 3.63) is 83.3 Å². The van der Waals surface area contributed by atoms with Crippen LogP contribution in [0, 0.1) is 39.7 Å². The van der Waals surface area contributed by atoms with Gasteiger partial charge in [-0.3, -0.25) is 29.4 Å². The zero-order chi connectivity index (χ0) is 30.3. The maximum absolute atomic E-state index is 13.7. The van der Waals surface area contributed by atoms with E-state index in [0.29, 0.717) is 32.7 Å². The molecule has 14 heteroatoms. The first-order chi connectivity index (χ1) is 20.5. The van der Waals surface area contributed by atoms with Crippen molar-refractivity contribution in [3.8, 4) is 5.75 Å². The minimum atomic E-state index is -1.28. The van der Waals surface area contributed by atoms with Gasteiger partial charge in [0.2, 0.25) is 11.8 Å². The second kappa shape index (κ2) is 10.2. The summed E-state index contributed by atoms with van der Waals surface area (Å²) in [7, 11) is 0. The van der Waals surface area contributed by atoms with E-state index in [9.17, 15) is 34.4 Å². The minimum absolute atomic E-state index is 0.136. The maximum atomic E-state index is 13.7. The average Bonchev–Trinajstić information content (AvgIpc) is 3.71. The normalized spacial score (nSPS) is 29.3. The van der Waals surface area contributed by atoms with Gasteiger partial charge < -0.3 is 14.8 Å². The number of rotatable bonds is 7. The fourth-order valence-corrected chi connectivity index (χ4v) is 10.7. The molecule has 8 atom stereocenters. The smallest absolute Gasteiger partial charge is 0.326 e. The number of thioether (sulfide) groups is 1. The number of aromatic amines is 1. The number of ether oxygens (including phenoxy) is 1. The third-order valence-electron chi connectivity index (χ3n) is 9.35. The van der Waals surface area contributed by atoms with Crippen molar-refractivity contribution in [2.45, 2.75) is 42.2 Å². The standard InChI is InChI=1S/C29H24ClN3O8S2/c1-11(28(36)37)32-26(34)21-16-9-17(22(21)27(32)35)23-20(16)19(24-25(42-23)31-29(38)43-24)15-8-14(33(39)40)6-7-18(15)41-10-12-2-4-13(30)5-3-12/h2-8,11,16-17,19-23H,9-10H2,1H3,(H,31,38)(H,36,37)/t11?,16?,17?,19-,20?,21?,22?,23?/m1/s1. The first-order valence-corrected chi connectivity index (χ1v) is 15.8. The lowest BCUT2D eigenvalue weighted by molar-refractivity contribution is -0.385. The number of aliphatic carboxylic acids is 1. The molecule has 2 amide bonds. The number of likely N-dealkylation sites (tertiary alicyclic amines) is 1. The van der Waals surface area contributed by atoms with Crippen LogP contribution in [0.15, 0.2) is 52.3 Å². The van der Waals surface area contributed by atoms with Gasteiger partial charge in [0.25, 0.3) is 5.69 Å². The molecule has 43 heavy (non-hydrogen) atoms. The predicted molar refractivity (Wildman–Crippen MR) is 156 cm³/mol. The van der Waals surface area contributed by atoms with Crippen LogP contribution in [0.4, 0.5) is 5.69 Å². The summed E-state index contributed by atoms with van der Waals surface area (Å²) in [6, 6.07) is 10.3. The van der Waals surface area contributed by atoms with E-state index in [-0.39, 0.29) is 40.2 Å². The number of carbonyl (C=O) groups is 3. The van der Waals surface area contributed by atoms with Gasteiger partial charge in [-0.1, -0.05) is 35.1 Å². The van der Waals surface area contributed by atoms with E-state index in [1.54, 1.807) is 18.2 Å². The summed E-state index contributed by atoms with van der Waals surface area (Å²) < 4.78 is 6.25. The number of benzene rings is 2. The van der Waals surface area contributed by atoms with Crippen molar-refractivity contribution in [2.75, 3.05) is 0 Å². The Labute approximate surface area is 257 Å². The molecular formula is C29H24ClN3O8S2. The molecule has 1 aromatic heterocycles. The number of nitro benzene ring substituents is 1. The summed E-state index contributed by atoms with van der Waals surface area (Å²) in [6.07, 6.45) is 0.593. The van der Waals surface area contributed by atoms with Crippen LogP contribution in [0.3, 0.4) is 0 Å². The lowest BCUT2D eigenvalue weighted by atomic mass is 9.68. The van der Waals surface area contributed by atoms with Crippen LogP contribution in [0.2, 0.25) is 5.02 Å². The molecule has 0 radical (unpaired) electrons. The van der Waals surface area contributed by atoms with Gasteiger partial charge in [-0.05, 0) is 54.9 Å². The van der Waals surface area contributed by atoms with Crippen molar-refractivity contribution < 1.29 is 29.2 Å². The van der Waals surface area contributed by atoms with E-state index >= 15 is 0 Å². The van der Waals surface area contributed by atoms with Gasteiger partial charge in [-0.25, -0.2) is 4.79 Å². The van der Waals surface area contributed by atoms with Crippen molar-refractivity contribution in [3.63, 3.8) is 0 Å². The van der Waals surface area contributed by atoms with Crippen LogP contribution in [-0.2, 0) is 21.0 Å². The van der Waals surface area contributed by atoms with Gasteiger partial charge in [0.1, 0.15) is 18.4 Å². The number of carboxylic acid groups (broad SMARTS) is 1. The number of thiazole rings is 1. The summed E-state index contributed by atoms with van der Waals surface area (Å²) in [5.41, 5.74) is 1.23. The highest BCUT2D eigenvalue weighted by molar-refractivity contribution is 8.00. The number of fused-ring (bicyclic) bond motifs is 9. The van der Waals surface area contributed by atoms with Crippen LogP contribution in [0.5, 0.6) is 5.75 Å². The quantitative estimate of drug-likeness (QED) is 0.215. The van der Waals surface area contributed by atoms with Gasteiger partial charge in [0.15, 0.2) is 0 Å². The Bertz CT molecular complexity index is 1760. The Morgan fingerprint density at radius 3 is 2.53 bits per heavy atom. The molecule has 2 saturated carbocycles. The summed E-state index contributed by atoms with van der Waals surface area (Å²) in [5, 5.41) is 22.5. The third kappa shape index (κ3) is 4.31. The third-order valence-corrected chi connectivity index (χ3v) is 12.2. The van der Waals surface area contributed by atoms with Crippen LogP contribution in [0.1, 0.15) is 35.3 Å². The Morgan fingerprint density at radius 1 is 1.16 bits per heavy atom. The van der Waals surface area contributed by atoms with Crippen LogP contribution < -0.4 is 9.61 Å². The molecule has 1 saturated heterocycles. The van der Waals surface area contributed by atoms with Gasteiger partial charge in [-0.15, -0.1) is 11.8 Å². The van der Waals surface area contributed by atoms with E-state index in [4.69, 9.17) is 16.3 Å². The number of carboxylic acids is 1. The summed E-state index contributed by atoms with van der Waals surface area (Å²) in [6.45, 7) is 1.50. The topological polar surface area (TPSA) is 160 Å². The van der Waals surface area contributed by atoms with Gasteiger partial charge in [0, 0.05) is 38.8 Å². The van der Waals surface area contributed by atoms with Gasteiger partial charge in [-0.2, -0.15) is 0 Å². The highest BCUT2D eigenvalue weighted by Gasteiger charge is 2.70. The number of nitrogens with zero attached hydrogens (tertiary/aromatic N) is 2. The molecule has 2 N–H and O–H groups in total. The molecule has 0 spiro atoms. The van der Waals surface area contributed by atoms with Crippen molar-refractivity contribution in [2.24, 2.45) is 29.6 Å². The molecule has 7 unspecified atom stereocenters. The molecule has 222 valence electrons. The van der Waals surface area contributed by atoms with Crippen molar-refractivity contribution in [1.29, 1.82) is 0 Å². The number of amides is 2. The zero-order valence-electron chi connectivity index (χ0n) is 22.5. The Morgan fingerprint density at radius 2 is 1.86 bits per heavy atom. The van der Waals surface area contributed by atoms with Crippen molar-refractivity contribution in [1.82, 2.24) is 9.88 Å². The van der Waals surface area contributed by atoms with E-state index < -0.39 is 46.5 Å². The molecule has 2 bridgehead atoms. The lowest BCUT2D eigenvalue weighted by Gasteiger charge is -2.43. The van der Waals surface area contributed by atoms with Crippen LogP contribution in [0.25, 0.3) is 0 Å². The second-order valence-corrected chi connectivity index (χ2v) is 14.1. The second-order valence-electron chi connectivity index (χ2n) is 11.4. The number of hydrogen-bond donors (Lipinski definition) is 2. The first-order valence-electron chi connectivity index (χ1n) is 13.7. The number of nitro groups is 1. The van der Waals surface area contributed by atoms with E-state index in [1.807, 2.05) is 12.1 Å². The highest BCUT2D eigenvalue weighted by atomic mass is 35.5. The molecule has 3 fully saturated rings. The molecule has 2 aliphatic heterocycles. The molecule has 4 aliphatic rings. The number of aromatic nitrogens is 1. The number of halogens is 1.